The van der Waals surface area contributed by atoms with Gasteiger partial charge in [-0.15, -0.1) is 0 Å². The molecule has 136 valence electrons. The lowest BCUT2D eigenvalue weighted by molar-refractivity contribution is -0.142. The maximum Gasteiger partial charge on any atom is 0.305 e. The topological polar surface area (TPSA) is 66.8 Å². The quantitative estimate of drug-likeness (QED) is 0.888. The lowest BCUT2D eigenvalue weighted by Gasteiger charge is -2.35. The van der Waals surface area contributed by atoms with Gasteiger partial charge in [0.1, 0.15) is 5.82 Å². The number of halogens is 1. The second kappa shape index (κ2) is 7.12. The van der Waals surface area contributed by atoms with E-state index in [-0.39, 0.29) is 30.3 Å². The van der Waals surface area contributed by atoms with Gasteiger partial charge in [0.2, 0.25) is 5.91 Å². The van der Waals surface area contributed by atoms with Gasteiger partial charge in [0.15, 0.2) is 0 Å². The summed E-state index contributed by atoms with van der Waals surface area (Å²) in [6.07, 6.45) is 3.44. The molecule has 1 aromatic carbocycles. The van der Waals surface area contributed by atoms with Crippen molar-refractivity contribution in [2.45, 2.75) is 56.1 Å². The van der Waals surface area contributed by atoms with Gasteiger partial charge in [-0.25, -0.2) is 4.39 Å². The third-order valence-electron chi connectivity index (χ3n) is 5.62. The van der Waals surface area contributed by atoms with E-state index in [2.05, 4.69) is 0 Å². The van der Waals surface area contributed by atoms with E-state index in [0.29, 0.717) is 31.4 Å². The lowest BCUT2D eigenvalue weighted by atomic mass is 9.77. The van der Waals surface area contributed by atoms with Crippen LogP contribution in [-0.2, 0) is 19.7 Å². The van der Waals surface area contributed by atoms with Crippen LogP contribution in [0.5, 0.6) is 0 Å². The van der Waals surface area contributed by atoms with E-state index in [1.165, 1.54) is 12.1 Å². The average molecular weight is 349 g/mol. The summed E-state index contributed by atoms with van der Waals surface area (Å²) in [5.74, 6) is -1.36. The van der Waals surface area contributed by atoms with E-state index >= 15 is 0 Å². The predicted octanol–water partition coefficient (Wildman–Crippen LogP) is 2.73. The number of likely N-dealkylation sites (tertiary alicyclic amines) is 1. The van der Waals surface area contributed by atoms with Crippen molar-refractivity contribution in [3.8, 4) is 0 Å². The molecule has 1 N–H and O–H groups in total. The molecule has 1 aromatic rings. The van der Waals surface area contributed by atoms with E-state index < -0.39 is 11.4 Å². The van der Waals surface area contributed by atoms with Gasteiger partial charge in [-0.3, -0.25) is 9.59 Å². The smallest absolute Gasteiger partial charge is 0.305 e. The number of amides is 1. The summed E-state index contributed by atoms with van der Waals surface area (Å²) in [4.78, 5) is 26.4. The number of carbonyl (C=O) groups excluding carboxylic acids is 1. The van der Waals surface area contributed by atoms with Crippen LogP contribution in [0.3, 0.4) is 0 Å². The molecule has 0 aromatic heterocycles. The Bertz CT molecular complexity index is 657. The maximum absolute atomic E-state index is 13.8. The third-order valence-corrected chi connectivity index (χ3v) is 5.62. The number of carboxylic acids is 1. The summed E-state index contributed by atoms with van der Waals surface area (Å²) in [5.41, 5.74) is -0.0495. The van der Waals surface area contributed by atoms with Gasteiger partial charge < -0.3 is 14.7 Å². The summed E-state index contributed by atoms with van der Waals surface area (Å²) in [7, 11) is 1.58. The molecule has 1 heterocycles. The zero-order chi connectivity index (χ0) is 18.0. The highest BCUT2D eigenvalue weighted by Gasteiger charge is 2.49. The van der Waals surface area contributed by atoms with Crippen LogP contribution < -0.4 is 0 Å². The molecular formula is C19H24FNO4. The van der Waals surface area contributed by atoms with Gasteiger partial charge >= 0.3 is 5.97 Å². The molecule has 0 bridgehead atoms. The first-order chi connectivity index (χ1) is 12.0. The number of methoxy groups -OCH3 is 1. The zero-order valence-electron chi connectivity index (χ0n) is 14.4. The Morgan fingerprint density at radius 3 is 2.68 bits per heavy atom. The van der Waals surface area contributed by atoms with Gasteiger partial charge in [0, 0.05) is 19.7 Å². The first kappa shape index (κ1) is 17.9. The molecule has 1 aliphatic carbocycles. The molecule has 1 amide bonds. The first-order valence-corrected chi connectivity index (χ1v) is 8.78. The summed E-state index contributed by atoms with van der Waals surface area (Å²) in [6, 6.07) is 5.89. The van der Waals surface area contributed by atoms with Crippen LogP contribution in [0.1, 0.15) is 44.1 Å². The normalized spacial score (nSPS) is 25.3. The van der Waals surface area contributed by atoms with Crippen molar-refractivity contribution in [1.29, 1.82) is 0 Å². The van der Waals surface area contributed by atoms with E-state index in [1.807, 2.05) is 6.07 Å². The molecule has 6 heteroatoms. The number of hydrogen-bond acceptors (Lipinski definition) is 3. The molecule has 2 unspecified atom stereocenters. The Morgan fingerprint density at radius 1 is 1.36 bits per heavy atom. The van der Waals surface area contributed by atoms with Crippen LogP contribution in [0.25, 0.3) is 0 Å². The van der Waals surface area contributed by atoms with Crippen LogP contribution in [-0.4, -0.2) is 47.7 Å². The summed E-state index contributed by atoms with van der Waals surface area (Å²) in [6.45, 7) is 0.393. The molecule has 0 radical (unpaired) electrons. The van der Waals surface area contributed by atoms with Crippen molar-refractivity contribution in [2.24, 2.45) is 0 Å². The fourth-order valence-electron chi connectivity index (χ4n) is 4.35. The Balaban J connectivity index is 1.93. The number of rotatable bonds is 5. The van der Waals surface area contributed by atoms with Gasteiger partial charge in [-0.05, 0) is 37.0 Å². The Morgan fingerprint density at radius 2 is 2.08 bits per heavy atom. The molecule has 5 nitrogen and oxygen atoms in total. The zero-order valence-corrected chi connectivity index (χ0v) is 14.4. The number of aliphatic carboxylic acids is 1. The lowest BCUT2D eigenvalue weighted by Crippen LogP contribution is -2.48. The van der Waals surface area contributed by atoms with Gasteiger partial charge in [0.25, 0.3) is 0 Å². The van der Waals surface area contributed by atoms with E-state index in [4.69, 9.17) is 4.74 Å². The molecule has 1 saturated carbocycles. The fraction of sp³-hybridized carbons (Fsp3) is 0.579. The number of carbonyl (C=O) groups is 2. The summed E-state index contributed by atoms with van der Waals surface area (Å²) in [5, 5.41) is 9.19. The summed E-state index contributed by atoms with van der Waals surface area (Å²) < 4.78 is 19.2. The van der Waals surface area contributed by atoms with E-state index in [9.17, 15) is 19.1 Å². The van der Waals surface area contributed by atoms with Crippen molar-refractivity contribution >= 4 is 11.9 Å². The molecule has 2 atom stereocenters. The monoisotopic (exact) mass is 349 g/mol. The van der Waals surface area contributed by atoms with Crippen molar-refractivity contribution in [3.63, 3.8) is 0 Å². The SMILES string of the molecule is COC1CC(CC(=O)O)N(C(=O)C2(c3cccc(F)c3)CCCC2)C1. The van der Waals surface area contributed by atoms with Gasteiger partial charge in [-0.2, -0.15) is 0 Å². The van der Waals surface area contributed by atoms with E-state index in [0.717, 1.165) is 12.8 Å². The number of hydrogen-bond donors (Lipinski definition) is 1. The van der Waals surface area contributed by atoms with Crippen molar-refractivity contribution in [2.75, 3.05) is 13.7 Å². The minimum absolute atomic E-state index is 0.0820. The molecule has 1 aliphatic heterocycles. The number of benzene rings is 1. The first-order valence-electron chi connectivity index (χ1n) is 8.78. The van der Waals surface area contributed by atoms with Crippen molar-refractivity contribution < 1.29 is 23.8 Å². The second-order valence-electron chi connectivity index (χ2n) is 7.10. The highest BCUT2D eigenvalue weighted by molar-refractivity contribution is 5.89. The number of nitrogens with zero attached hydrogens (tertiary/aromatic N) is 1. The van der Waals surface area contributed by atoms with Gasteiger partial charge in [-0.1, -0.05) is 25.0 Å². The molecule has 2 fully saturated rings. The van der Waals surface area contributed by atoms with Crippen LogP contribution in [0.15, 0.2) is 24.3 Å². The molecule has 3 rings (SSSR count). The van der Waals surface area contributed by atoms with Crippen LogP contribution >= 0.6 is 0 Å². The number of ether oxygens (including phenoxy) is 1. The molecule has 25 heavy (non-hydrogen) atoms. The Hall–Kier alpha value is -1.95. The van der Waals surface area contributed by atoms with Crippen LogP contribution in [0.2, 0.25) is 0 Å². The maximum atomic E-state index is 13.8. The summed E-state index contributed by atoms with van der Waals surface area (Å²) >= 11 is 0. The standard InChI is InChI=1S/C19H24FNO4/c1-25-16-10-15(11-17(22)23)21(12-16)18(24)19(7-2-3-8-19)13-5-4-6-14(20)9-13/h4-6,9,15-16H,2-3,7-8,10-12H2,1H3,(H,22,23). The van der Waals surface area contributed by atoms with Crippen molar-refractivity contribution in [3.05, 3.63) is 35.6 Å². The van der Waals surface area contributed by atoms with Crippen LogP contribution in [0, 0.1) is 5.82 Å². The largest absolute Gasteiger partial charge is 0.481 e. The molecule has 2 aliphatic rings. The third kappa shape index (κ3) is 3.40. The predicted molar refractivity (Wildman–Crippen MR) is 89.7 cm³/mol. The Kier molecular flexibility index (Phi) is 5.08. The van der Waals surface area contributed by atoms with Crippen molar-refractivity contribution in [1.82, 2.24) is 4.90 Å². The number of carboxylic acid groups (broad SMARTS) is 1. The highest BCUT2D eigenvalue weighted by atomic mass is 19.1. The van der Waals surface area contributed by atoms with Crippen LogP contribution in [0.4, 0.5) is 4.39 Å². The molecule has 0 spiro atoms. The molecular weight excluding hydrogens is 325 g/mol. The average Bonchev–Trinajstić information content (AvgIpc) is 3.21. The Labute approximate surface area is 146 Å². The fourth-order valence-corrected chi connectivity index (χ4v) is 4.35. The van der Waals surface area contributed by atoms with Gasteiger partial charge in [0.05, 0.1) is 17.9 Å². The second-order valence-corrected chi connectivity index (χ2v) is 7.10. The minimum Gasteiger partial charge on any atom is -0.481 e. The highest BCUT2D eigenvalue weighted by Crippen LogP contribution is 2.44. The molecule has 1 saturated heterocycles. The minimum atomic E-state index is -0.925. The van der Waals surface area contributed by atoms with E-state index in [1.54, 1.807) is 18.1 Å².